The first-order valence-corrected chi connectivity index (χ1v) is 13.8. The van der Waals surface area contributed by atoms with E-state index in [1.165, 1.54) is 6.07 Å². The fourth-order valence-electron chi connectivity index (χ4n) is 5.61. The summed E-state index contributed by atoms with van der Waals surface area (Å²) in [6.07, 6.45) is 9.21. The zero-order valence-electron chi connectivity index (χ0n) is 22.4. The van der Waals surface area contributed by atoms with Crippen LogP contribution in [0.3, 0.4) is 0 Å². The average molecular weight is 545 g/mol. The number of morpholine rings is 1. The quantitative estimate of drug-likeness (QED) is 0.339. The number of aromatic nitrogens is 5. The Bertz CT molecular complexity index is 1470. The Hall–Kier alpha value is -3.85. The second-order valence-electron chi connectivity index (χ2n) is 10.5. The highest BCUT2D eigenvalue weighted by atomic mass is 19.1. The summed E-state index contributed by atoms with van der Waals surface area (Å²) in [5.74, 6) is 0.324. The van der Waals surface area contributed by atoms with Crippen LogP contribution in [-0.4, -0.2) is 86.6 Å². The van der Waals surface area contributed by atoms with E-state index in [0.717, 1.165) is 66.9 Å². The number of likely N-dealkylation sites (tertiary alicyclic amines) is 1. The van der Waals surface area contributed by atoms with E-state index in [-0.39, 0.29) is 18.0 Å². The number of halogens is 1. The van der Waals surface area contributed by atoms with Gasteiger partial charge in [0, 0.05) is 68.7 Å². The predicted octanol–water partition coefficient (Wildman–Crippen LogP) is 3.79. The van der Waals surface area contributed by atoms with Gasteiger partial charge < -0.3 is 19.4 Å². The van der Waals surface area contributed by atoms with Gasteiger partial charge in [-0.1, -0.05) is 0 Å². The summed E-state index contributed by atoms with van der Waals surface area (Å²) in [7, 11) is 0. The molecule has 0 spiro atoms. The number of nitriles is 1. The molecule has 0 saturated carbocycles. The highest BCUT2D eigenvalue weighted by Crippen LogP contribution is 2.27. The van der Waals surface area contributed by atoms with E-state index in [9.17, 15) is 9.65 Å². The zero-order chi connectivity index (χ0) is 27.3. The molecule has 1 N–H and O–H groups in total. The first-order chi connectivity index (χ1) is 19.6. The van der Waals surface area contributed by atoms with Crippen molar-refractivity contribution in [1.29, 1.82) is 5.26 Å². The highest BCUT2D eigenvalue weighted by Gasteiger charge is 2.25. The summed E-state index contributed by atoms with van der Waals surface area (Å²) < 4.78 is 27.9. The SMILES string of the molecule is N#CCC(CN1CCC(Oc2cc(F)cc(CN3CCOCC3)c2)CC1)n1cc(-c2ncnc3[nH]ccc23)cn1. The molecule has 0 amide bonds. The van der Waals surface area contributed by atoms with Crippen LogP contribution in [0.25, 0.3) is 22.3 Å². The van der Waals surface area contributed by atoms with Crippen molar-refractivity contribution < 1.29 is 13.9 Å². The molecular formula is C29H33FN8O2. The van der Waals surface area contributed by atoms with E-state index in [1.807, 2.05) is 29.2 Å². The Balaban J connectivity index is 1.05. The molecule has 3 aromatic heterocycles. The van der Waals surface area contributed by atoms with Crippen LogP contribution in [0, 0.1) is 17.1 Å². The number of hydrogen-bond acceptors (Lipinski definition) is 8. The highest BCUT2D eigenvalue weighted by molar-refractivity contribution is 5.89. The molecule has 4 aromatic rings. The summed E-state index contributed by atoms with van der Waals surface area (Å²) in [4.78, 5) is 16.5. The lowest BCUT2D eigenvalue weighted by atomic mass is 10.1. The topological polar surface area (TPSA) is 108 Å². The van der Waals surface area contributed by atoms with Crippen molar-refractivity contribution in [2.24, 2.45) is 0 Å². The number of aromatic amines is 1. The molecule has 0 aliphatic carbocycles. The van der Waals surface area contributed by atoms with Gasteiger partial charge in [-0.3, -0.25) is 9.58 Å². The maximum Gasteiger partial charge on any atom is 0.141 e. The molecule has 1 atom stereocenters. The number of rotatable bonds is 9. The molecule has 2 aliphatic heterocycles. The van der Waals surface area contributed by atoms with Gasteiger partial charge >= 0.3 is 0 Å². The minimum atomic E-state index is -0.268. The van der Waals surface area contributed by atoms with Gasteiger partial charge in [-0.15, -0.1) is 0 Å². The van der Waals surface area contributed by atoms with Crippen LogP contribution in [-0.2, 0) is 11.3 Å². The molecular weight excluding hydrogens is 511 g/mol. The number of H-pyrrole nitrogens is 1. The van der Waals surface area contributed by atoms with Crippen molar-refractivity contribution >= 4 is 11.0 Å². The van der Waals surface area contributed by atoms with Gasteiger partial charge in [0.1, 0.15) is 29.6 Å². The van der Waals surface area contributed by atoms with E-state index in [1.54, 1.807) is 18.6 Å². The number of piperidine rings is 1. The summed E-state index contributed by atoms with van der Waals surface area (Å²) in [6, 6.07) is 9.23. The van der Waals surface area contributed by atoms with Gasteiger partial charge in [-0.05, 0) is 36.6 Å². The monoisotopic (exact) mass is 544 g/mol. The Labute approximate surface area is 232 Å². The van der Waals surface area contributed by atoms with Gasteiger partial charge in [0.2, 0.25) is 0 Å². The standard InChI is InChI=1S/C29H33FN8O2/c30-23-13-21(17-37-9-11-39-12-10-37)14-26(15-23)40-25-3-7-36(8-4-25)19-24(1-5-31)38-18-22(16-35-38)28-27-2-6-32-29(27)34-20-33-28/h2,6,13-16,18,20,24-25H,1,3-4,7-12,17,19H2,(H,32,33,34). The van der Waals surface area contributed by atoms with Crippen LogP contribution in [0.2, 0.25) is 0 Å². The third kappa shape index (κ3) is 6.14. The van der Waals surface area contributed by atoms with E-state index >= 15 is 0 Å². The Kier molecular flexibility index (Phi) is 7.99. The van der Waals surface area contributed by atoms with Gasteiger partial charge in [-0.25, -0.2) is 14.4 Å². The Morgan fingerprint density at radius 3 is 2.80 bits per heavy atom. The minimum Gasteiger partial charge on any atom is -0.490 e. The third-order valence-corrected chi connectivity index (χ3v) is 7.68. The number of ether oxygens (including phenoxy) is 2. The first-order valence-electron chi connectivity index (χ1n) is 13.8. The largest absolute Gasteiger partial charge is 0.490 e. The molecule has 2 aliphatic rings. The normalized spacial score (nSPS) is 18.1. The van der Waals surface area contributed by atoms with Gasteiger partial charge in [0.15, 0.2) is 0 Å². The molecule has 6 rings (SSSR count). The number of hydrogen-bond donors (Lipinski definition) is 1. The molecule has 1 unspecified atom stereocenters. The smallest absolute Gasteiger partial charge is 0.141 e. The van der Waals surface area contributed by atoms with Gasteiger partial charge in [-0.2, -0.15) is 10.4 Å². The van der Waals surface area contributed by atoms with Crippen LogP contribution in [0.15, 0.2) is 49.2 Å². The van der Waals surface area contributed by atoms with Gasteiger partial charge in [0.05, 0.1) is 43.6 Å². The van der Waals surface area contributed by atoms with E-state index < -0.39 is 0 Å². The Morgan fingerprint density at radius 1 is 1.12 bits per heavy atom. The first kappa shape index (κ1) is 26.4. The number of nitrogens with one attached hydrogen (secondary N) is 1. The average Bonchev–Trinajstić information content (AvgIpc) is 3.64. The lowest BCUT2D eigenvalue weighted by molar-refractivity contribution is 0.0341. The minimum absolute atomic E-state index is 0.0292. The lowest BCUT2D eigenvalue weighted by Crippen LogP contribution is -2.41. The fourth-order valence-corrected chi connectivity index (χ4v) is 5.61. The maximum atomic E-state index is 14.4. The van der Waals surface area contributed by atoms with Crippen molar-refractivity contribution in [3.8, 4) is 23.1 Å². The summed E-state index contributed by atoms with van der Waals surface area (Å²) in [6.45, 7) is 6.23. The van der Waals surface area contributed by atoms with Crippen LogP contribution in [0.5, 0.6) is 5.75 Å². The van der Waals surface area contributed by atoms with E-state index in [2.05, 4.69) is 35.9 Å². The van der Waals surface area contributed by atoms with Crippen molar-refractivity contribution in [2.75, 3.05) is 45.9 Å². The second kappa shape index (κ2) is 12.1. The van der Waals surface area contributed by atoms with Crippen molar-refractivity contribution in [1.82, 2.24) is 34.5 Å². The molecule has 2 saturated heterocycles. The van der Waals surface area contributed by atoms with Gasteiger partial charge in [0.25, 0.3) is 0 Å². The van der Waals surface area contributed by atoms with Crippen LogP contribution >= 0.6 is 0 Å². The third-order valence-electron chi connectivity index (χ3n) is 7.68. The van der Waals surface area contributed by atoms with E-state index in [4.69, 9.17) is 9.47 Å². The summed E-state index contributed by atoms with van der Waals surface area (Å²) in [5.41, 5.74) is 3.41. The van der Waals surface area contributed by atoms with E-state index in [0.29, 0.717) is 38.5 Å². The molecule has 208 valence electrons. The van der Waals surface area contributed by atoms with Crippen LogP contribution < -0.4 is 4.74 Å². The summed E-state index contributed by atoms with van der Waals surface area (Å²) >= 11 is 0. The lowest BCUT2D eigenvalue weighted by Gasteiger charge is -2.34. The second-order valence-corrected chi connectivity index (χ2v) is 10.5. The fraction of sp³-hybridized carbons (Fsp3) is 0.448. The number of benzene rings is 1. The Morgan fingerprint density at radius 2 is 1.98 bits per heavy atom. The number of fused-ring (bicyclic) bond motifs is 1. The maximum absolute atomic E-state index is 14.4. The molecule has 10 nitrogen and oxygen atoms in total. The zero-order valence-corrected chi connectivity index (χ0v) is 22.4. The molecule has 1 aromatic carbocycles. The molecule has 2 fully saturated rings. The molecule has 5 heterocycles. The molecule has 11 heteroatoms. The van der Waals surface area contributed by atoms with Crippen molar-refractivity contribution in [2.45, 2.75) is 38.0 Å². The van der Waals surface area contributed by atoms with Crippen LogP contribution in [0.1, 0.15) is 30.9 Å². The van der Waals surface area contributed by atoms with Crippen molar-refractivity contribution in [3.05, 3.63) is 60.6 Å². The molecule has 0 radical (unpaired) electrons. The number of nitrogens with zero attached hydrogens (tertiary/aromatic N) is 7. The molecule has 0 bridgehead atoms. The molecule has 40 heavy (non-hydrogen) atoms. The van der Waals surface area contributed by atoms with Crippen LogP contribution in [0.4, 0.5) is 4.39 Å². The van der Waals surface area contributed by atoms with Crippen molar-refractivity contribution in [3.63, 3.8) is 0 Å². The summed E-state index contributed by atoms with van der Waals surface area (Å²) in [5, 5.41) is 15.1. The predicted molar refractivity (Wildman–Crippen MR) is 147 cm³/mol.